The Morgan fingerprint density at radius 2 is 1.81 bits per heavy atom. The molecule has 0 spiro atoms. The lowest BCUT2D eigenvalue weighted by Gasteiger charge is -2.06. The van der Waals surface area contributed by atoms with Crippen molar-refractivity contribution in [1.29, 1.82) is 0 Å². The van der Waals surface area contributed by atoms with Crippen LogP contribution in [0.1, 0.15) is 21.5 Å². The first-order valence-corrected chi connectivity index (χ1v) is 10.5. The molecule has 3 aromatic rings. The van der Waals surface area contributed by atoms with E-state index in [4.69, 9.17) is 32.7 Å². The van der Waals surface area contributed by atoms with Crippen molar-refractivity contribution in [3.63, 3.8) is 0 Å². The number of hydrogen-bond donors (Lipinski definition) is 0. The molecule has 0 amide bonds. The molecule has 0 N–H and O–H groups in total. The summed E-state index contributed by atoms with van der Waals surface area (Å²) in [6.45, 7) is 0. The number of esters is 2. The predicted octanol–water partition coefficient (Wildman–Crippen LogP) is 6.32. The van der Waals surface area contributed by atoms with E-state index < -0.39 is 11.9 Å². The lowest BCUT2D eigenvalue weighted by Crippen LogP contribution is -2.09. The molecule has 0 saturated heterocycles. The largest absolute Gasteiger partial charge is 0.423 e. The Balaban J connectivity index is 1.49. The highest BCUT2D eigenvalue weighted by atomic mass is 79.9. The monoisotopic (exact) mass is 515 g/mol. The predicted molar refractivity (Wildman–Crippen MR) is 123 cm³/mol. The Bertz CT molecular complexity index is 1250. The minimum Gasteiger partial charge on any atom is -0.423 e. The number of rotatable bonds is 4. The van der Waals surface area contributed by atoms with Crippen molar-refractivity contribution in [1.82, 2.24) is 0 Å². The number of benzene rings is 3. The maximum atomic E-state index is 12.3. The fraction of sp³-hybridized carbons (Fsp3) is 0. The van der Waals surface area contributed by atoms with Crippen molar-refractivity contribution in [2.75, 3.05) is 0 Å². The van der Waals surface area contributed by atoms with Gasteiger partial charge in [-0.2, -0.15) is 0 Å². The van der Waals surface area contributed by atoms with Gasteiger partial charge in [0.25, 0.3) is 0 Å². The van der Waals surface area contributed by atoms with Gasteiger partial charge in [-0.15, -0.1) is 0 Å². The van der Waals surface area contributed by atoms with Crippen molar-refractivity contribution in [2.24, 2.45) is 4.99 Å². The summed E-state index contributed by atoms with van der Waals surface area (Å²) in [4.78, 5) is 28.7. The molecule has 31 heavy (non-hydrogen) atoms. The molecule has 0 saturated carbocycles. The van der Waals surface area contributed by atoms with Gasteiger partial charge in [0.2, 0.25) is 5.90 Å². The van der Waals surface area contributed by atoms with Crippen molar-refractivity contribution >= 4 is 63.0 Å². The van der Waals surface area contributed by atoms with Gasteiger partial charge in [0.15, 0.2) is 5.70 Å². The first-order valence-electron chi connectivity index (χ1n) is 8.95. The van der Waals surface area contributed by atoms with Gasteiger partial charge >= 0.3 is 11.9 Å². The summed E-state index contributed by atoms with van der Waals surface area (Å²) in [5, 5.41) is 0.632. The van der Waals surface area contributed by atoms with Gasteiger partial charge in [-0.05, 0) is 60.2 Å². The molecule has 0 aliphatic carbocycles. The van der Waals surface area contributed by atoms with E-state index in [0.29, 0.717) is 21.9 Å². The van der Waals surface area contributed by atoms with E-state index in [9.17, 15) is 9.59 Å². The summed E-state index contributed by atoms with van der Waals surface area (Å²) in [6, 6.07) is 18.4. The van der Waals surface area contributed by atoms with Gasteiger partial charge in [0, 0.05) is 15.1 Å². The van der Waals surface area contributed by atoms with Crippen LogP contribution in [0.2, 0.25) is 10.0 Å². The van der Waals surface area contributed by atoms with Gasteiger partial charge < -0.3 is 9.47 Å². The highest BCUT2D eigenvalue weighted by Crippen LogP contribution is 2.24. The second kappa shape index (κ2) is 9.06. The van der Waals surface area contributed by atoms with Crippen molar-refractivity contribution < 1.29 is 19.1 Å². The summed E-state index contributed by atoms with van der Waals surface area (Å²) in [5.41, 5.74) is 1.76. The van der Waals surface area contributed by atoms with Crippen molar-refractivity contribution in [2.45, 2.75) is 0 Å². The maximum Gasteiger partial charge on any atom is 0.363 e. The maximum absolute atomic E-state index is 12.3. The third kappa shape index (κ3) is 5.05. The van der Waals surface area contributed by atoms with Crippen LogP contribution in [-0.2, 0) is 9.53 Å². The van der Waals surface area contributed by atoms with Crippen molar-refractivity contribution in [3.05, 3.63) is 104 Å². The second-order valence-electron chi connectivity index (χ2n) is 6.43. The molecule has 1 heterocycles. The number of carbonyl (C=O) groups is 2. The topological polar surface area (TPSA) is 65.0 Å². The Kier molecular flexibility index (Phi) is 6.23. The second-order valence-corrected chi connectivity index (χ2v) is 8.19. The number of halogens is 3. The summed E-state index contributed by atoms with van der Waals surface area (Å²) in [6.07, 6.45) is 1.59. The van der Waals surface area contributed by atoms with E-state index >= 15 is 0 Å². The molecule has 154 valence electrons. The van der Waals surface area contributed by atoms with Crippen LogP contribution in [0.5, 0.6) is 5.75 Å². The minimum absolute atomic E-state index is 0.174. The molecule has 0 unspecified atom stereocenters. The van der Waals surface area contributed by atoms with E-state index in [0.717, 1.165) is 4.47 Å². The molecule has 5 nitrogen and oxygen atoms in total. The Morgan fingerprint density at radius 1 is 1.03 bits per heavy atom. The number of cyclic esters (lactones) is 1. The molecule has 0 fully saturated rings. The molecule has 3 aromatic carbocycles. The normalized spacial score (nSPS) is 14.4. The van der Waals surface area contributed by atoms with E-state index in [1.165, 1.54) is 12.1 Å². The number of aliphatic imine (C=N–C) groups is 1. The summed E-state index contributed by atoms with van der Waals surface area (Å²) >= 11 is 15.3. The smallest absolute Gasteiger partial charge is 0.363 e. The minimum atomic E-state index is -0.601. The number of ether oxygens (including phenoxy) is 2. The molecule has 4 rings (SSSR count). The lowest BCUT2D eigenvalue weighted by molar-refractivity contribution is -0.129. The lowest BCUT2D eigenvalue weighted by atomic mass is 10.2. The van der Waals surface area contributed by atoms with Crippen LogP contribution in [0.4, 0.5) is 0 Å². The van der Waals surface area contributed by atoms with Gasteiger partial charge in [0.1, 0.15) is 5.75 Å². The number of hydrogen-bond acceptors (Lipinski definition) is 5. The quantitative estimate of drug-likeness (QED) is 0.231. The highest BCUT2D eigenvalue weighted by molar-refractivity contribution is 9.10. The van der Waals surface area contributed by atoms with Gasteiger partial charge in [-0.25, -0.2) is 14.6 Å². The molecular weight excluding hydrogens is 505 g/mol. The van der Waals surface area contributed by atoms with Crippen LogP contribution >= 0.6 is 39.1 Å². The molecule has 1 aliphatic heterocycles. The van der Waals surface area contributed by atoms with Gasteiger partial charge in [-0.1, -0.05) is 57.3 Å². The first-order chi connectivity index (χ1) is 14.9. The van der Waals surface area contributed by atoms with Crippen LogP contribution in [-0.4, -0.2) is 17.8 Å². The van der Waals surface area contributed by atoms with E-state index in [2.05, 4.69) is 20.9 Å². The van der Waals surface area contributed by atoms with Crippen LogP contribution in [0.3, 0.4) is 0 Å². The average Bonchev–Trinajstić information content (AvgIpc) is 3.10. The zero-order valence-corrected chi connectivity index (χ0v) is 18.7. The first kappa shape index (κ1) is 21.3. The van der Waals surface area contributed by atoms with Crippen LogP contribution < -0.4 is 4.74 Å². The average molecular weight is 517 g/mol. The highest BCUT2D eigenvalue weighted by Gasteiger charge is 2.24. The van der Waals surface area contributed by atoms with Gasteiger partial charge in [-0.3, -0.25) is 0 Å². The zero-order chi connectivity index (χ0) is 22.0. The molecule has 0 radical (unpaired) electrons. The molecule has 0 atom stereocenters. The number of nitrogens with zero attached hydrogens (tertiary/aromatic N) is 1. The fourth-order valence-electron chi connectivity index (χ4n) is 2.76. The third-order valence-corrected chi connectivity index (χ3v) is 5.28. The summed E-state index contributed by atoms with van der Waals surface area (Å²) in [5.74, 6) is -0.577. The molecular formula is C23H12BrCl2NO4. The fourth-order valence-corrected chi connectivity index (χ4v) is 3.65. The van der Waals surface area contributed by atoms with Crippen LogP contribution in [0, 0.1) is 0 Å². The van der Waals surface area contributed by atoms with Crippen molar-refractivity contribution in [3.8, 4) is 5.75 Å². The summed E-state index contributed by atoms with van der Waals surface area (Å²) in [7, 11) is 0. The SMILES string of the molecule is O=C1OC(c2cccc(Br)c2)=N/C1=C/c1ccc(OC(=O)c2ccc(Cl)cc2Cl)cc1. The zero-order valence-electron chi connectivity index (χ0n) is 15.6. The van der Waals surface area contributed by atoms with E-state index in [-0.39, 0.29) is 22.2 Å². The van der Waals surface area contributed by atoms with E-state index in [1.54, 1.807) is 42.5 Å². The molecule has 8 heteroatoms. The Morgan fingerprint density at radius 3 is 2.52 bits per heavy atom. The third-order valence-electron chi connectivity index (χ3n) is 4.24. The van der Waals surface area contributed by atoms with Crippen LogP contribution in [0.15, 0.2) is 81.9 Å². The molecule has 0 bridgehead atoms. The standard InChI is InChI=1S/C23H12BrCl2NO4/c24-15-3-1-2-14(11-15)21-27-20(23(29)31-21)10-13-4-7-17(8-5-13)30-22(28)18-9-6-16(25)12-19(18)26/h1-12H/b20-10+. The summed E-state index contributed by atoms with van der Waals surface area (Å²) < 4.78 is 11.5. The number of carbonyl (C=O) groups excluding carboxylic acids is 2. The molecule has 1 aliphatic rings. The Labute approximate surface area is 196 Å². The van der Waals surface area contributed by atoms with Gasteiger partial charge in [0.05, 0.1) is 10.6 Å². The Hall–Kier alpha value is -2.93. The van der Waals surface area contributed by atoms with Crippen LogP contribution in [0.25, 0.3) is 6.08 Å². The van der Waals surface area contributed by atoms with E-state index in [1.807, 2.05) is 18.2 Å². The molecule has 0 aromatic heterocycles.